The third-order valence-corrected chi connectivity index (χ3v) is 6.33. The first-order valence-electron chi connectivity index (χ1n) is 12.5. The van der Waals surface area contributed by atoms with Crippen molar-refractivity contribution in [3.63, 3.8) is 0 Å². The molecule has 43 heavy (non-hydrogen) atoms. The van der Waals surface area contributed by atoms with Crippen LogP contribution >= 0.6 is 34.8 Å². The molecular weight excluding hydrogens is 613 g/mol. The summed E-state index contributed by atoms with van der Waals surface area (Å²) in [5, 5.41) is 6.17. The first kappa shape index (κ1) is 34.6. The van der Waals surface area contributed by atoms with Crippen LogP contribution in [0.2, 0.25) is 15.1 Å². The average molecular weight is 643 g/mol. The molecule has 0 bridgehead atoms. The van der Waals surface area contributed by atoms with Gasteiger partial charge in [0.25, 0.3) is 11.8 Å². The fourth-order valence-corrected chi connectivity index (χ4v) is 4.38. The molecule has 4 aromatic rings. The van der Waals surface area contributed by atoms with E-state index in [2.05, 4.69) is 43.4 Å². The van der Waals surface area contributed by atoms with Gasteiger partial charge in [-0.05, 0) is 37.3 Å². The largest absolute Gasteiger partial charge is 0.495 e. The Morgan fingerprint density at radius 1 is 1.05 bits per heavy atom. The van der Waals surface area contributed by atoms with Crippen LogP contribution in [-0.4, -0.2) is 54.7 Å². The molecule has 1 aromatic heterocycles. The Labute approximate surface area is 264 Å². The maximum Gasteiger partial charge on any atom is 0.254 e. The number of imidazole rings is 1. The number of amidine groups is 1. The summed E-state index contributed by atoms with van der Waals surface area (Å²) in [5.41, 5.74) is 8.27. The van der Waals surface area contributed by atoms with Crippen molar-refractivity contribution in [3.8, 4) is 18.6 Å². The van der Waals surface area contributed by atoms with Crippen molar-refractivity contribution in [2.24, 2.45) is 15.7 Å². The number of aliphatic imine (C=N–C) groups is 2. The molecule has 10 nitrogen and oxygen atoms in total. The number of carbonyl (C=O) groups excluding carboxylic acids is 2. The fourth-order valence-electron chi connectivity index (χ4n) is 3.49. The van der Waals surface area contributed by atoms with Crippen LogP contribution in [0, 0.1) is 12.8 Å². The van der Waals surface area contributed by atoms with Crippen molar-refractivity contribution in [1.82, 2.24) is 20.6 Å². The Bertz CT molecular complexity index is 1610. The molecule has 0 saturated carbocycles. The Kier molecular flexibility index (Phi) is 14.0. The number of nitrogens with one attached hydrogen (secondary N) is 3. The number of hydrogen-bond acceptors (Lipinski definition) is 5. The monoisotopic (exact) mass is 641 g/mol. The first-order valence-corrected chi connectivity index (χ1v) is 13.7. The molecule has 224 valence electrons. The number of ether oxygens (including phenoxy) is 1. The maximum atomic E-state index is 12.6. The van der Waals surface area contributed by atoms with Gasteiger partial charge in [-0.3, -0.25) is 9.59 Å². The lowest BCUT2D eigenvalue weighted by molar-refractivity contribution is 0.0949. The number of hydrogen-bond donors (Lipinski definition) is 4. The van der Waals surface area contributed by atoms with Crippen molar-refractivity contribution in [1.29, 1.82) is 0 Å². The summed E-state index contributed by atoms with van der Waals surface area (Å²) in [6, 6.07) is 15.7. The predicted octanol–water partition coefficient (Wildman–Crippen LogP) is 5.84. The zero-order chi connectivity index (χ0) is 31.9. The van der Waals surface area contributed by atoms with Gasteiger partial charge in [0, 0.05) is 31.6 Å². The molecule has 13 heteroatoms. The highest BCUT2D eigenvalue weighted by atomic mass is 35.5. The van der Waals surface area contributed by atoms with Gasteiger partial charge in [0.2, 0.25) is 0 Å². The van der Waals surface area contributed by atoms with E-state index >= 15 is 0 Å². The van der Waals surface area contributed by atoms with Gasteiger partial charge in [-0.1, -0.05) is 53.0 Å². The van der Waals surface area contributed by atoms with Crippen molar-refractivity contribution in [3.05, 3.63) is 86.6 Å². The maximum absolute atomic E-state index is 12.6. The quantitative estimate of drug-likeness (QED) is 0.108. The second-order valence-electron chi connectivity index (χ2n) is 8.44. The molecule has 0 atom stereocenters. The fraction of sp³-hybridized carbons (Fsp3) is 0.167. The molecule has 0 radical (unpaired) electrons. The molecule has 0 aliphatic rings. The van der Waals surface area contributed by atoms with E-state index < -0.39 is 5.91 Å². The number of halogens is 3. The van der Waals surface area contributed by atoms with Crippen LogP contribution in [-0.2, 0) is 6.42 Å². The van der Waals surface area contributed by atoms with E-state index in [1.165, 1.54) is 18.5 Å². The van der Waals surface area contributed by atoms with E-state index in [9.17, 15) is 9.59 Å². The molecule has 0 fully saturated rings. The van der Waals surface area contributed by atoms with E-state index in [4.69, 9.17) is 45.3 Å². The zero-order valence-corrected chi connectivity index (χ0v) is 25.9. The van der Waals surface area contributed by atoms with Crippen LogP contribution in [0.1, 0.15) is 33.5 Å². The number of benzene rings is 3. The molecule has 1 heterocycles. The summed E-state index contributed by atoms with van der Waals surface area (Å²) in [6.07, 6.45) is 9.75. The van der Waals surface area contributed by atoms with Gasteiger partial charge in [0.1, 0.15) is 17.9 Å². The van der Waals surface area contributed by atoms with Crippen molar-refractivity contribution < 1.29 is 14.3 Å². The summed E-state index contributed by atoms with van der Waals surface area (Å²) in [5.74, 6) is 1.16. The highest BCUT2D eigenvalue weighted by molar-refractivity contribution is 6.40. The lowest BCUT2D eigenvalue weighted by Crippen LogP contribution is -2.26. The van der Waals surface area contributed by atoms with E-state index in [1.807, 2.05) is 18.2 Å². The number of carbonyl (C=O) groups is 2. The predicted molar refractivity (Wildman–Crippen MR) is 175 cm³/mol. The van der Waals surface area contributed by atoms with Crippen LogP contribution < -0.4 is 21.1 Å². The van der Waals surface area contributed by atoms with Crippen molar-refractivity contribution >= 4 is 75.5 Å². The molecule has 5 N–H and O–H groups in total. The van der Waals surface area contributed by atoms with Crippen LogP contribution in [0.5, 0.6) is 5.75 Å². The Balaban J connectivity index is 0.000000451. The van der Waals surface area contributed by atoms with Crippen molar-refractivity contribution in [2.75, 3.05) is 20.7 Å². The standard InChI is InChI=1S/C20H19Cl3N6O2.C8H9NO.C2H2/c1-10(24)26-9-27-11-5-13(22)19(14(23)6-11)20(30)25-4-3-18-28-15-7-12(21)17(31-2)8-16(15)29-18;1-9-8(10)7-5-3-2-4-6-7;1-2/h5-9H,3-4H2,1-2H3,(H,25,30)(H,28,29)(H2,24,26,27);2-6H,1H3,(H,9,10);1-2H. The number of fused-ring (bicyclic) bond motifs is 1. The third-order valence-electron chi connectivity index (χ3n) is 5.44. The normalized spacial score (nSPS) is 10.7. The number of aromatic amines is 1. The number of H-pyrrole nitrogens is 1. The van der Waals surface area contributed by atoms with E-state index in [-0.39, 0.29) is 21.5 Å². The van der Waals surface area contributed by atoms with Crippen LogP contribution in [0.25, 0.3) is 11.0 Å². The number of methoxy groups -OCH3 is 1. The number of aromatic nitrogens is 2. The van der Waals surface area contributed by atoms with E-state index in [1.54, 1.807) is 45.3 Å². The molecule has 0 aliphatic carbocycles. The molecule has 0 saturated heterocycles. The second kappa shape index (κ2) is 17.4. The first-order chi connectivity index (χ1) is 20.6. The average Bonchev–Trinajstić information content (AvgIpc) is 3.38. The van der Waals surface area contributed by atoms with Crippen LogP contribution in [0.15, 0.2) is 64.6 Å². The van der Waals surface area contributed by atoms with Gasteiger partial charge >= 0.3 is 0 Å². The minimum Gasteiger partial charge on any atom is -0.495 e. The number of nitrogens with two attached hydrogens (primary N) is 1. The van der Waals surface area contributed by atoms with Gasteiger partial charge in [0.15, 0.2) is 0 Å². The minimum atomic E-state index is -0.401. The summed E-state index contributed by atoms with van der Waals surface area (Å²) in [6.45, 7) is 1.96. The summed E-state index contributed by atoms with van der Waals surface area (Å²) < 4.78 is 5.20. The molecule has 4 rings (SSSR count). The number of nitrogens with zero attached hydrogens (tertiary/aromatic N) is 3. The highest BCUT2D eigenvalue weighted by Gasteiger charge is 2.16. The molecular formula is C30H30Cl3N7O3. The smallest absolute Gasteiger partial charge is 0.254 e. The van der Waals surface area contributed by atoms with Gasteiger partial charge in [-0.25, -0.2) is 15.0 Å². The molecule has 0 aliphatic heterocycles. The summed E-state index contributed by atoms with van der Waals surface area (Å²) in [4.78, 5) is 39.1. The topological polar surface area (TPSA) is 147 Å². The second-order valence-corrected chi connectivity index (χ2v) is 9.66. The third kappa shape index (κ3) is 10.3. The molecule has 2 amide bonds. The lowest BCUT2D eigenvalue weighted by atomic mass is 10.2. The Hall–Kier alpha value is -4.56. The van der Waals surface area contributed by atoms with E-state index in [0.717, 1.165) is 11.0 Å². The van der Waals surface area contributed by atoms with Gasteiger partial charge in [-0.15, -0.1) is 12.8 Å². The molecule has 0 spiro atoms. The van der Waals surface area contributed by atoms with Gasteiger partial charge in [-0.2, -0.15) is 0 Å². The van der Waals surface area contributed by atoms with Crippen LogP contribution in [0.3, 0.4) is 0 Å². The number of terminal acetylenes is 1. The SMILES string of the molecule is C#C.CNC(=O)c1ccccc1.COc1cc2nc(CCNC(=O)c3c(Cl)cc(N=CN=C(C)N)cc3Cl)[nH]c2cc1Cl. The van der Waals surface area contributed by atoms with Gasteiger partial charge < -0.3 is 26.1 Å². The zero-order valence-electron chi connectivity index (χ0n) is 23.6. The lowest BCUT2D eigenvalue weighted by Gasteiger charge is -2.09. The molecule has 0 unspecified atom stereocenters. The Morgan fingerprint density at radius 3 is 2.28 bits per heavy atom. The number of amides is 2. The summed E-state index contributed by atoms with van der Waals surface area (Å²) >= 11 is 18.6. The summed E-state index contributed by atoms with van der Waals surface area (Å²) in [7, 11) is 3.16. The van der Waals surface area contributed by atoms with Gasteiger partial charge in [0.05, 0.1) is 50.3 Å². The van der Waals surface area contributed by atoms with Crippen molar-refractivity contribution in [2.45, 2.75) is 13.3 Å². The molecule has 3 aromatic carbocycles. The Morgan fingerprint density at radius 2 is 1.70 bits per heavy atom. The van der Waals surface area contributed by atoms with Crippen LogP contribution in [0.4, 0.5) is 5.69 Å². The highest BCUT2D eigenvalue weighted by Crippen LogP contribution is 2.31. The minimum absolute atomic E-state index is 0.0411. The number of rotatable bonds is 8. The van der Waals surface area contributed by atoms with E-state index in [0.29, 0.717) is 46.6 Å².